The molecular formula is C13H13NO3S. The number of carbonyl (C=O) groups excluding carboxylic acids is 2. The molecule has 0 spiro atoms. The predicted molar refractivity (Wildman–Crippen MR) is 70.1 cm³/mol. The summed E-state index contributed by atoms with van der Waals surface area (Å²) >= 11 is 1.29. The average Bonchev–Trinajstić information content (AvgIpc) is 2.71. The van der Waals surface area contributed by atoms with Crippen molar-refractivity contribution < 1.29 is 14.7 Å². The quantitative estimate of drug-likeness (QED) is 0.635. The minimum atomic E-state index is -0.301. The van der Waals surface area contributed by atoms with Crippen molar-refractivity contribution in [1.29, 1.82) is 0 Å². The number of carbonyl (C=O) groups is 2. The van der Waals surface area contributed by atoms with Crippen molar-refractivity contribution in [2.45, 2.75) is 11.7 Å². The Kier molecular flexibility index (Phi) is 4.17. The summed E-state index contributed by atoms with van der Waals surface area (Å²) in [5.74, 6) is -0.288. The SMILES string of the molecule is O=C(/C=C1/NC(=O)C(CCO)S1)c1ccccc1. The molecule has 1 aliphatic heterocycles. The van der Waals surface area contributed by atoms with Gasteiger partial charge in [-0.05, 0) is 6.42 Å². The number of thioether (sulfide) groups is 1. The molecule has 0 saturated carbocycles. The van der Waals surface area contributed by atoms with Gasteiger partial charge >= 0.3 is 0 Å². The lowest BCUT2D eigenvalue weighted by Gasteiger charge is -2.00. The fraction of sp³-hybridized carbons (Fsp3) is 0.231. The maximum Gasteiger partial charge on any atom is 0.238 e. The van der Waals surface area contributed by atoms with Crippen molar-refractivity contribution in [2.24, 2.45) is 0 Å². The summed E-state index contributed by atoms with van der Waals surface area (Å²) < 4.78 is 0. The summed E-state index contributed by atoms with van der Waals surface area (Å²) in [6.45, 7) is -0.0367. The first-order valence-corrected chi connectivity index (χ1v) is 6.48. The molecule has 1 aromatic rings. The number of benzene rings is 1. The summed E-state index contributed by atoms with van der Waals surface area (Å²) in [6.07, 6.45) is 1.82. The molecule has 4 nitrogen and oxygen atoms in total. The van der Waals surface area contributed by atoms with Gasteiger partial charge in [-0.15, -0.1) is 0 Å². The number of aliphatic hydroxyl groups is 1. The predicted octanol–water partition coefficient (Wildman–Crippen LogP) is 1.32. The molecule has 1 fully saturated rings. The Hall–Kier alpha value is -1.59. The molecular weight excluding hydrogens is 250 g/mol. The molecule has 1 amide bonds. The van der Waals surface area contributed by atoms with Crippen molar-refractivity contribution in [3.63, 3.8) is 0 Å². The van der Waals surface area contributed by atoms with Gasteiger partial charge in [-0.25, -0.2) is 0 Å². The van der Waals surface area contributed by atoms with Gasteiger partial charge < -0.3 is 10.4 Å². The van der Waals surface area contributed by atoms with E-state index in [0.29, 0.717) is 17.0 Å². The monoisotopic (exact) mass is 263 g/mol. The third-order valence-electron chi connectivity index (χ3n) is 2.52. The van der Waals surface area contributed by atoms with Gasteiger partial charge in [-0.2, -0.15) is 0 Å². The zero-order valence-electron chi connectivity index (χ0n) is 9.63. The zero-order chi connectivity index (χ0) is 13.0. The van der Waals surface area contributed by atoms with E-state index in [2.05, 4.69) is 5.32 Å². The Labute approximate surface area is 109 Å². The maximum absolute atomic E-state index is 11.9. The lowest BCUT2D eigenvalue weighted by atomic mass is 10.1. The van der Waals surface area contributed by atoms with E-state index in [1.165, 1.54) is 17.8 Å². The van der Waals surface area contributed by atoms with E-state index in [1.807, 2.05) is 6.07 Å². The normalized spacial score (nSPS) is 21.1. The molecule has 0 aliphatic carbocycles. The van der Waals surface area contributed by atoms with Gasteiger partial charge in [0.05, 0.1) is 10.3 Å². The van der Waals surface area contributed by atoms with E-state index < -0.39 is 0 Å². The lowest BCUT2D eigenvalue weighted by Crippen LogP contribution is -2.22. The van der Waals surface area contributed by atoms with Gasteiger partial charge in [-0.1, -0.05) is 42.1 Å². The topological polar surface area (TPSA) is 66.4 Å². The molecule has 1 saturated heterocycles. The van der Waals surface area contributed by atoms with Gasteiger partial charge in [0.1, 0.15) is 0 Å². The molecule has 1 aromatic carbocycles. The first kappa shape index (κ1) is 12.9. The molecule has 1 heterocycles. The third kappa shape index (κ3) is 3.00. The second kappa shape index (κ2) is 5.84. The van der Waals surface area contributed by atoms with Gasteiger partial charge in [0.2, 0.25) is 5.91 Å². The summed E-state index contributed by atoms with van der Waals surface area (Å²) in [5.41, 5.74) is 0.588. The number of amides is 1. The van der Waals surface area contributed by atoms with Crippen LogP contribution in [0.5, 0.6) is 0 Å². The second-order valence-electron chi connectivity index (χ2n) is 3.85. The highest BCUT2D eigenvalue weighted by Gasteiger charge is 2.28. The van der Waals surface area contributed by atoms with Crippen molar-refractivity contribution in [3.8, 4) is 0 Å². The van der Waals surface area contributed by atoms with E-state index in [9.17, 15) is 9.59 Å². The van der Waals surface area contributed by atoms with Crippen molar-refractivity contribution in [1.82, 2.24) is 5.32 Å². The second-order valence-corrected chi connectivity index (χ2v) is 5.09. The van der Waals surface area contributed by atoms with Crippen LogP contribution in [0, 0.1) is 0 Å². The standard InChI is InChI=1S/C13H13NO3S/c15-7-6-11-13(17)14-12(18-11)8-10(16)9-4-2-1-3-5-9/h1-5,8,11,15H,6-7H2,(H,14,17)/b12-8-. The number of hydrogen-bond donors (Lipinski definition) is 2. The molecule has 0 radical (unpaired) electrons. The Bertz CT molecular complexity index is 484. The molecule has 94 valence electrons. The van der Waals surface area contributed by atoms with Crippen molar-refractivity contribution in [2.75, 3.05) is 6.61 Å². The Morgan fingerprint density at radius 2 is 2.11 bits per heavy atom. The molecule has 2 rings (SSSR count). The van der Waals surface area contributed by atoms with Gasteiger partial charge in [-0.3, -0.25) is 9.59 Å². The van der Waals surface area contributed by atoms with Crippen LogP contribution in [0.1, 0.15) is 16.8 Å². The van der Waals surface area contributed by atoms with Crippen LogP contribution < -0.4 is 5.32 Å². The number of nitrogens with one attached hydrogen (secondary N) is 1. The first-order valence-electron chi connectivity index (χ1n) is 5.60. The van der Waals surface area contributed by atoms with Crippen LogP contribution in [-0.4, -0.2) is 28.7 Å². The van der Waals surface area contributed by atoms with Crippen LogP contribution in [0.3, 0.4) is 0 Å². The maximum atomic E-state index is 11.9. The van der Waals surface area contributed by atoms with Gasteiger partial charge in [0.15, 0.2) is 5.78 Å². The van der Waals surface area contributed by atoms with Crippen LogP contribution in [0.4, 0.5) is 0 Å². The lowest BCUT2D eigenvalue weighted by molar-refractivity contribution is -0.119. The van der Waals surface area contributed by atoms with Gasteiger partial charge in [0.25, 0.3) is 0 Å². The zero-order valence-corrected chi connectivity index (χ0v) is 10.4. The molecule has 1 unspecified atom stereocenters. The Morgan fingerprint density at radius 3 is 2.78 bits per heavy atom. The van der Waals surface area contributed by atoms with Crippen LogP contribution >= 0.6 is 11.8 Å². The van der Waals surface area contributed by atoms with E-state index in [-0.39, 0.29) is 23.5 Å². The highest BCUT2D eigenvalue weighted by molar-refractivity contribution is 8.04. The third-order valence-corrected chi connectivity index (χ3v) is 3.73. The molecule has 18 heavy (non-hydrogen) atoms. The van der Waals surface area contributed by atoms with Crippen LogP contribution in [-0.2, 0) is 4.79 Å². The highest BCUT2D eigenvalue weighted by atomic mass is 32.2. The first-order chi connectivity index (χ1) is 8.70. The van der Waals surface area contributed by atoms with Crippen LogP contribution in [0.2, 0.25) is 0 Å². The number of ketones is 1. The molecule has 0 bridgehead atoms. The summed E-state index contributed by atoms with van der Waals surface area (Å²) in [5, 5.41) is 11.7. The number of rotatable bonds is 4. The summed E-state index contributed by atoms with van der Waals surface area (Å²) in [7, 11) is 0. The van der Waals surface area contributed by atoms with E-state index in [0.717, 1.165) is 0 Å². The fourth-order valence-electron chi connectivity index (χ4n) is 1.62. The smallest absolute Gasteiger partial charge is 0.238 e. The van der Waals surface area contributed by atoms with Crippen molar-refractivity contribution in [3.05, 3.63) is 47.0 Å². The molecule has 1 atom stereocenters. The highest BCUT2D eigenvalue weighted by Crippen LogP contribution is 2.29. The largest absolute Gasteiger partial charge is 0.396 e. The van der Waals surface area contributed by atoms with Crippen LogP contribution in [0.15, 0.2) is 41.4 Å². The molecule has 0 aromatic heterocycles. The van der Waals surface area contributed by atoms with Crippen molar-refractivity contribution >= 4 is 23.5 Å². The number of hydrogen-bond acceptors (Lipinski definition) is 4. The minimum Gasteiger partial charge on any atom is -0.396 e. The van der Waals surface area contributed by atoms with E-state index >= 15 is 0 Å². The summed E-state index contributed by atoms with van der Waals surface area (Å²) in [4.78, 5) is 23.4. The fourth-order valence-corrected chi connectivity index (χ4v) is 2.65. The Balaban J connectivity index is 2.07. The van der Waals surface area contributed by atoms with E-state index in [4.69, 9.17) is 5.11 Å². The van der Waals surface area contributed by atoms with Crippen LogP contribution in [0.25, 0.3) is 0 Å². The van der Waals surface area contributed by atoms with Gasteiger partial charge in [0, 0.05) is 18.2 Å². The minimum absolute atomic E-state index is 0.0367. The molecule has 5 heteroatoms. The van der Waals surface area contributed by atoms with E-state index in [1.54, 1.807) is 24.3 Å². The number of allylic oxidation sites excluding steroid dienone is 1. The molecule has 2 N–H and O–H groups in total. The molecule has 1 aliphatic rings. The average molecular weight is 263 g/mol. The number of aliphatic hydroxyl groups excluding tert-OH is 1. The Morgan fingerprint density at radius 1 is 1.39 bits per heavy atom. The summed E-state index contributed by atoms with van der Waals surface area (Å²) in [6, 6.07) is 8.88.